The highest BCUT2D eigenvalue weighted by Gasteiger charge is 2.28. The number of anilines is 1. The Morgan fingerprint density at radius 1 is 1.10 bits per heavy atom. The van der Waals surface area contributed by atoms with E-state index in [0.717, 1.165) is 18.5 Å². The van der Waals surface area contributed by atoms with E-state index in [1.165, 1.54) is 56.3 Å². The first-order valence-electron chi connectivity index (χ1n) is 8.88. The van der Waals surface area contributed by atoms with Crippen LogP contribution >= 0.6 is 0 Å². The lowest BCUT2D eigenvalue weighted by Crippen LogP contribution is -2.38. The fourth-order valence-electron chi connectivity index (χ4n) is 4.18. The maximum absolute atomic E-state index is 3.68. The van der Waals surface area contributed by atoms with Gasteiger partial charge >= 0.3 is 0 Å². The molecule has 1 atom stereocenters. The number of hydrogen-bond donors (Lipinski definition) is 1. The van der Waals surface area contributed by atoms with E-state index in [-0.39, 0.29) is 0 Å². The van der Waals surface area contributed by atoms with Crippen molar-refractivity contribution < 1.29 is 0 Å². The third kappa shape index (κ3) is 3.26. The average molecular weight is 286 g/mol. The lowest BCUT2D eigenvalue weighted by atomic mass is 9.86. The molecule has 0 spiro atoms. The Labute approximate surface area is 129 Å². The first-order valence-corrected chi connectivity index (χ1v) is 8.88. The Kier molecular flexibility index (Phi) is 4.84. The Morgan fingerprint density at radius 3 is 2.62 bits per heavy atom. The van der Waals surface area contributed by atoms with Gasteiger partial charge in [0.1, 0.15) is 0 Å². The molecule has 1 aliphatic heterocycles. The molecular weight excluding hydrogens is 256 g/mol. The van der Waals surface area contributed by atoms with E-state index in [1.54, 1.807) is 0 Å². The molecule has 1 aromatic rings. The Morgan fingerprint density at radius 2 is 1.86 bits per heavy atom. The van der Waals surface area contributed by atoms with Gasteiger partial charge in [0, 0.05) is 24.3 Å². The number of para-hydroxylation sites is 1. The van der Waals surface area contributed by atoms with Gasteiger partial charge in [0.2, 0.25) is 0 Å². The predicted molar refractivity (Wildman–Crippen MR) is 90.9 cm³/mol. The van der Waals surface area contributed by atoms with Gasteiger partial charge < -0.3 is 10.2 Å². The van der Waals surface area contributed by atoms with Crippen LogP contribution in [0.3, 0.4) is 0 Å². The molecule has 1 aliphatic carbocycles. The van der Waals surface area contributed by atoms with Crippen LogP contribution in [0.25, 0.3) is 0 Å². The predicted octanol–water partition coefficient (Wildman–Crippen LogP) is 4.52. The molecule has 2 aliphatic rings. The van der Waals surface area contributed by atoms with Crippen molar-refractivity contribution >= 4 is 5.69 Å². The van der Waals surface area contributed by atoms with Crippen LogP contribution in [0.1, 0.15) is 64.0 Å². The van der Waals surface area contributed by atoms with Crippen LogP contribution in [0.4, 0.5) is 5.69 Å². The standard InChI is InChI=1S/C19H30N2/c1-3-20-18-8-6-14-21(16-12-10-15(2)11-13-16)19-9-5-4-7-17(18)19/h4-5,7,9,15-16,18,20H,3,6,8,10-14H2,1-2H3. The summed E-state index contributed by atoms with van der Waals surface area (Å²) >= 11 is 0. The number of rotatable bonds is 3. The zero-order chi connectivity index (χ0) is 14.7. The molecular formula is C19H30N2. The number of nitrogens with one attached hydrogen (secondary N) is 1. The molecule has 116 valence electrons. The first-order chi connectivity index (χ1) is 10.3. The molecule has 1 heterocycles. The summed E-state index contributed by atoms with van der Waals surface area (Å²) in [5.41, 5.74) is 3.02. The van der Waals surface area contributed by atoms with E-state index in [9.17, 15) is 0 Å². The maximum Gasteiger partial charge on any atom is 0.0417 e. The molecule has 0 radical (unpaired) electrons. The van der Waals surface area contributed by atoms with Gasteiger partial charge in [0.25, 0.3) is 0 Å². The first kappa shape index (κ1) is 14.9. The summed E-state index contributed by atoms with van der Waals surface area (Å²) in [5, 5.41) is 3.68. The van der Waals surface area contributed by atoms with Crippen molar-refractivity contribution in [2.24, 2.45) is 5.92 Å². The van der Waals surface area contributed by atoms with Gasteiger partial charge in [0.05, 0.1) is 0 Å². The number of fused-ring (bicyclic) bond motifs is 1. The largest absolute Gasteiger partial charge is 0.368 e. The van der Waals surface area contributed by atoms with E-state index in [1.807, 2.05) is 0 Å². The van der Waals surface area contributed by atoms with E-state index < -0.39 is 0 Å². The highest BCUT2D eigenvalue weighted by molar-refractivity contribution is 5.56. The molecule has 3 rings (SSSR count). The normalized spacial score (nSPS) is 29.8. The van der Waals surface area contributed by atoms with Gasteiger partial charge in [-0.1, -0.05) is 32.0 Å². The second-order valence-electron chi connectivity index (χ2n) is 6.92. The number of benzene rings is 1. The van der Waals surface area contributed by atoms with E-state index >= 15 is 0 Å². The second kappa shape index (κ2) is 6.83. The van der Waals surface area contributed by atoms with Crippen molar-refractivity contribution in [1.29, 1.82) is 0 Å². The maximum atomic E-state index is 3.68. The molecule has 2 nitrogen and oxygen atoms in total. The van der Waals surface area contributed by atoms with Crippen molar-refractivity contribution in [2.45, 2.75) is 64.5 Å². The quantitative estimate of drug-likeness (QED) is 0.879. The van der Waals surface area contributed by atoms with Crippen molar-refractivity contribution in [3.05, 3.63) is 29.8 Å². The van der Waals surface area contributed by atoms with E-state index in [0.29, 0.717) is 6.04 Å². The van der Waals surface area contributed by atoms with E-state index in [2.05, 4.69) is 48.3 Å². The third-order valence-electron chi connectivity index (χ3n) is 5.39. The van der Waals surface area contributed by atoms with Crippen LogP contribution in [-0.2, 0) is 0 Å². The smallest absolute Gasteiger partial charge is 0.0417 e. The van der Waals surface area contributed by atoms with E-state index in [4.69, 9.17) is 0 Å². The Balaban J connectivity index is 1.85. The van der Waals surface area contributed by atoms with Crippen LogP contribution in [0.5, 0.6) is 0 Å². The molecule has 2 heteroatoms. The molecule has 1 fully saturated rings. The Hall–Kier alpha value is -1.02. The highest BCUT2D eigenvalue weighted by Crippen LogP contribution is 2.37. The lowest BCUT2D eigenvalue weighted by Gasteiger charge is -2.38. The minimum Gasteiger partial charge on any atom is -0.368 e. The van der Waals surface area contributed by atoms with Gasteiger partial charge in [-0.05, 0) is 62.6 Å². The lowest BCUT2D eigenvalue weighted by molar-refractivity contribution is 0.333. The minimum atomic E-state index is 0.540. The summed E-state index contributed by atoms with van der Waals surface area (Å²) in [6.07, 6.45) is 8.13. The van der Waals surface area contributed by atoms with Crippen molar-refractivity contribution in [3.63, 3.8) is 0 Å². The van der Waals surface area contributed by atoms with Crippen molar-refractivity contribution in [1.82, 2.24) is 5.32 Å². The molecule has 0 amide bonds. The van der Waals surface area contributed by atoms with Crippen LogP contribution in [0, 0.1) is 5.92 Å². The molecule has 0 aromatic heterocycles. The topological polar surface area (TPSA) is 15.3 Å². The van der Waals surface area contributed by atoms with Crippen molar-refractivity contribution in [2.75, 3.05) is 18.0 Å². The average Bonchev–Trinajstić information content (AvgIpc) is 2.69. The summed E-state index contributed by atoms with van der Waals surface area (Å²) in [6.45, 7) is 6.92. The molecule has 1 saturated carbocycles. The summed E-state index contributed by atoms with van der Waals surface area (Å²) in [4.78, 5) is 2.73. The van der Waals surface area contributed by atoms with Crippen molar-refractivity contribution in [3.8, 4) is 0 Å². The van der Waals surface area contributed by atoms with Gasteiger partial charge in [-0.15, -0.1) is 0 Å². The molecule has 1 N–H and O–H groups in total. The summed E-state index contributed by atoms with van der Waals surface area (Å²) < 4.78 is 0. The van der Waals surface area contributed by atoms with Gasteiger partial charge in [-0.2, -0.15) is 0 Å². The second-order valence-corrected chi connectivity index (χ2v) is 6.92. The van der Waals surface area contributed by atoms with Crippen LogP contribution in [0.2, 0.25) is 0 Å². The highest BCUT2D eigenvalue weighted by atomic mass is 15.2. The van der Waals surface area contributed by atoms with Gasteiger partial charge in [0.15, 0.2) is 0 Å². The zero-order valence-electron chi connectivity index (χ0n) is 13.6. The van der Waals surface area contributed by atoms with Gasteiger partial charge in [-0.25, -0.2) is 0 Å². The monoisotopic (exact) mass is 286 g/mol. The zero-order valence-corrected chi connectivity index (χ0v) is 13.6. The third-order valence-corrected chi connectivity index (χ3v) is 5.39. The number of nitrogens with zero attached hydrogens (tertiary/aromatic N) is 1. The summed E-state index contributed by atoms with van der Waals surface area (Å²) in [7, 11) is 0. The molecule has 1 unspecified atom stereocenters. The molecule has 21 heavy (non-hydrogen) atoms. The SMILES string of the molecule is CCNC1CCCN(C2CCC(C)CC2)c2ccccc21. The molecule has 0 bridgehead atoms. The van der Waals surface area contributed by atoms with Crippen LogP contribution < -0.4 is 10.2 Å². The fraction of sp³-hybridized carbons (Fsp3) is 0.684. The molecule has 0 saturated heterocycles. The summed E-state index contributed by atoms with van der Waals surface area (Å²) in [6, 6.07) is 10.4. The van der Waals surface area contributed by atoms with Crippen LogP contribution in [0.15, 0.2) is 24.3 Å². The number of hydrogen-bond acceptors (Lipinski definition) is 2. The van der Waals surface area contributed by atoms with Crippen LogP contribution in [-0.4, -0.2) is 19.1 Å². The minimum absolute atomic E-state index is 0.540. The molecule has 1 aromatic carbocycles. The summed E-state index contributed by atoms with van der Waals surface area (Å²) in [5.74, 6) is 0.929. The Bertz CT molecular complexity index is 449. The fourth-order valence-corrected chi connectivity index (χ4v) is 4.18. The van der Waals surface area contributed by atoms with Gasteiger partial charge in [-0.3, -0.25) is 0 Å².